The van der Waals surface area contributed by atoms with Crippen LogP contribution in [0.5, 0.6) is 0 Å². The molecule has 4 rings (SSSR count). The van der Waals surface area contributed by atoms with E-state index >= 15 is 0 Å². The third-order valence-electron chi connectivity index (χ3n) is 5.92. The van der Waals surface area contributed by atoms with Crippen molar-refractivity contribution in [2.45, 2.75) is 45.2 Å². The molecule has 0 aliphatic heterocycles. The highest BCUT2D eigenvalue weighted by Crippen LogP contribution is 2.24. The topological polar surface area (TPSA) is 89.4 Å². The first-order valence-electron chi connectivity index (χ1n) is 10.8. The first-order valence-corrected chi connectivity index (χ1v) is 10.8. The lowest BCUT2D eigenvalue weighted by Gasteiger charge is -2.14. The predicted octanol–water partition coefficient (Wildman–Crippen LogP) is 4.37. The van der Waals surface area contributed by atoms with Crippen LogP contribution in [0.1, 0.15) is 63.7 Å². The number of hydrogen-bond donors (Lipinski definition) is 2. The summed E-state index contributed by atoms with van der Waals surface area (Å²) in [6, 6.07) is 13.0. The zero-order valence-corrected chi connectivity index (χ0v) is 18.3. The Morgan fingerprint density at radius 1 is 1.09 bits per heavy atom. The van der Waals surface area contributed by atoms with Gasteiger partial charge in [-0.25, -0.2) is 4.79 Å². The molecule has 0 unspecified atom stereocenters. The Hall–Kier alpha value is -3.45. The minimum atomic E-state index is -0.462. The second-order valence-corrected chi connectivity index (χ2v) is 8.18. The summed E-state index contributed by atoms with van der Waals surface area (Å²) in [5.74, 6) is -0.984. The molecule has 1 aliphatic rings. The van der Waals surface area contributed by atoms with E-state index in [-0.39, 0.29) is 11.8 Å². The number of rotatable bonds is 6. The summed E-state index contributed by atoms with van der Waals surface area (Å²) in [5.41, 5.74) is 2.83. The van der Waals surface area contributed by atoms with Crippen LogP contribution < -0.4 is 10.6 Å². The second-order valence-electron chi connectivity index (χ2n) is 8.18. The van der Waals surface area contributed by atoms with Gasteiger partial charge in [0.15, 0.2) is 0 Å². The molecular formula is C25H27N3O4. The van der Waals surface area contributed by atoms with Crippen LogP contribution in [0.2, 0.25) is 0 Å². The number of hydrogen-bond acceptors (Lipinski definition) is 5. The van der Waals surface area contributed by atoms with E-state index in [0.29, 0.717) is 40.3 Å². The maximum atomic E-state index is 13.1. The number of methoxy groups -OCH3 is 1. The molecule has 7 nitrogen and oxygen atoms in total. The monoisotopic (exact) mass is 433 g/mol. The van der Waals surface area contributed by atoms with Gasteiger partial charge >= 0.3 is 5.97 Å². The van der Waals surface area contributed by atoms with Gasteiger partial charge < -0.3 is 15.4 Å². The molecule has 166 valence electrons. The van der Waals surface area contributed by atoms with Gasteiger partial charge in [-0.2, -0.15) is 0 Å². The van der Waals surface area contributed by atoms with Crippen molar-refractivity contribution >= 4 is 34.4 Å². The SMILES string of the molecule is COC(=O)c1cc(CNC2CCCC2)cc(NC(=O)c2cn(C(C)=O)c3ccccc23)c1. The molecule has 1 fully saturated rings. The Bertz CT molecular complexity index is 1180. The van der Waals surface area contributed by atoms with Crippen LogP contribution >= 0.6 is 0 Å². The quantitative estimate of drug-likeness (QED) is 0.564. The Labute approximate surface area is 186 Å². The van der Waals surface area contributed by atoms with Crippen LogP contribution in [0.25, 0.3) is 10.9 Å². The second kappa shape index (κ2) is 9.36. The predicted molar refractivity (Wildman–Crippen MR) is 123 cm³/mol. The van der Waals surface area contributed by atoms with Crippen molar-refractivity contribution in [1.29, 1.82) is 0 Å². The Balaban J connectivity index is 1.62. The zero-order chi connectivity index (χ0) is 22.7. The lowest BCUT2D eigenvalue weighted by atomic mass is 10.1. The zero-order valence-electron chi connectivity index (χ0n) is 18.3. The van der Waals surface area contributed by atoms with Crippen molar-refractivity contribution in [1.82, 2.24) is 9.88 Å². The third kappa shape index (κ3) is 4.57. The molecule has 0 atom stereocenters. The third-order valence-corrected chi connectivity index (χ3v) is 5.92. The number of esters is 1. The van der Waals surface area contributed by atoms with E-state index in [2.05, 4.69) is 10.6 Å². The van der Waals surface area contributed by atoms with Gasteiger partial charge in [0, 0.05) is 36.8 Å². The summed E-state index contributed by atoms with van der Waals surface area (Å²) >= 11 is 0. The van der Waals surface area contributed by atoms with Crippen molar-refractivity contribution in [2.75, 3.05) is 12.4 Å². The largest absolute Gasteiger partial charge is 0.465 e. The number of carbonyl (C=O) groups excluding carboxylic acids is 3. The van der Waals surface area contributed by atoms with Crippen molar-refractivity contribution in [3.63, 3.8) is 0 Å². The summed E-state index contributed by atoms with van der Waals surface area (Å²) in [6.45, 7) is 2.06. The summed E-state index contributed by atoms with van der Waals surface area (Å²) in [7, 11) is 1.33. The Morgan fingerprint density at radius 3 is 2.56 bits per heavy atom. The highest BCUT2D eigenvalue weighted by Gasteiger charge is 2.19. The molecule has 1 heterocycles. The van der Waals surface area contributed by atoms with E-state index in [0.717, 1.165) is 18.4 Å². The van der Waals surface area contributed by atoms with E-state index in [1.165, 1.54) is 31.4 Å². The van der Waals surface area contributed by atoms with Crippen LogP contribution in [0, 0.1) is 0 Å². The van der Waals surface area contributed by atoms with Gasteiger partial charge in [0.05, 0.1) is 23.8 Å². The average molecular weight is 434 g/mol. The van der Waals surface area contributed by atoms with Crippen LogP contribution in [-0.4, -0.2) is 35.5 Å². The standard InChI is InChI=1S/C25H27N3O4/c1-16(29)28-15-22(21-9-5-6-10-23(21)28)24(30)27-20-12-17(11-18(13-20)25(31)32-2)14-26-19-7-3-4-8-19/h5-6,9-13,15,19,26H,3-4,7-8,14H2,1-2H3,(H,27,30). The molecule has 1 aromatic heterocycles. The Kier molecular flexibility index (Phi) is 6.37. The molecule has 3 aromatic rings. The number of ether oxygens (including phenoxy) is 1. The molecule has 7 heteroatoms. The summed E-state index contributed by atoms with van der Waals surface area (Å²) in [6.07, 6.45) is 6.32. The smallest absolute Gasteiger partial charge is 0.337 e. The van der Waals surface area contributed by atoms with Gasteiger partial charge in [0.1, 0.15) is 0 Å². The minimum absolute atomic E-state index is 0.173. The maximum absolute atomic E-state index is 13.1. The van der Waals surface area contributed by atoms with E-state index in [1.54, 1.807) is 24.4 Å². The van der Waals surface area contributed by atoms with Crippen LogP contribution in [0.3, 0.4) is 0 Å². The molecule has 2 aromatic carbocycles. The fourth-order valence-electron chi connectivity index (χ4n) is 4.31. The molecular weight excluding hydrogens is 406 g/mol. The number of carbonyl (C=O) groups is 3. The number of nitrogens with zero attached hydrogens (tertiary/aromatic N) is 1. The number of nitrogens with one attached hydrogen (secondary N) is 2. The lowest BCUT2D eigenvalue weighted by Crippen LogP contribution is -2.25. The molecule has 0 spiro atoms. The van der Waals surface area contributed by atoms with Gasteiger partial charge in [0.25, 0.3) is 5.91 Å². The Morgan fingerprint density at radius 2 is 1.84 bits per heavy atom. The number of anilines is 1. The summed E-state index contributed by atoms with van der Waals surface area (Å²) < 4.78 is 6.35. The number of para-hydroxylation sites is 1. The molecule has 1 saturated carbocycles. The maximum Gasteiger partial charge on any atom is 0.337 e. The van der Waals surface area contributed by atoms with Crippen molar-refractivity contribution in [2.24, 2.45) is 0 Å². The lowest BCUT2D eigenvalue weighted by molar-refractivity contribution is 0.0600. The van der Waals surface area contributed by atoms with E-state index in [4.69, 9.17) is 4.74 Å². The normalized spacial score (nSPS) is 13.9. The van der Waals surface area contributed by atoms with Gasteiger partial charge in [-0.05, 0) is 42.7 Å². The number of fused-ring (bicyclic) bond motifs is 1. The minimum Gasteiger partial charge on any atom is -0.465 e. The highest BCUT2D eigenvalue weighted by molar-refractivity contribution is 6.14. The van der Waals surface area contributed by atoms with Gasteiger partial charge in [-0.1, -0.05) is 31.0 Å². The molecule has 1 aliphatic carbocycles. The molecule has 1 amide bonds. The van der Waals surface area contributed by atoms with Crippen molar-refractivity contribution in [3.8, 4) is 0 Å². The number of amides is 1. The molecule has 2 N–H and O–H groups in total. The van der Waals surface area contributed by atoms with E-state index in [1.807, 2.05) is 24.3 Å². The molecule has 32 heavy (non-hydrogen) atoms. The van der Waals surface area contributed by atoms with Crippen LogP contribution in [0.15, 0.2) is 48.7 Å². The van der Waals surface area contributed by atoms with E-state index in [9.17, 15) is 14.4 Å². The molecule has 0 radical (unpaired) electrons. The van der Waals surface area contributed by atoms with Crippen molar-refractivity contribution < 1.29 is 19.1 Å². The van der Waals surface area contributed by atoms with Crippen LogP contribution in [-0.2, 0) is 11.3 Å². The average Bonchev–Trinajstić information content (AvgIpc) is 3.45. The van der Waals surface area contributed by atoms with Gasteiger partial charge in [-0.15, -0.1) is 0 Å². The van der Waals surface area contributed by atoms with Gasteiger partial charge in [-0.3, -0.25) is 14.2 Å². The van der Waals surface area contributed by atoms with E-state index < -0.39 is 5.97 Å². The fourth-order valence-corrected chi connectivity index (χ4v) is 4.31. The molecule has 0 saturated heterocycles. The first kappa shape index (κ1) is 21.8. The number of benzene rings is 2. The number of aromatic nitrogens is 1. The fraction of sp³-hybridized carbons (Fsp3) is 0.320. The molecule has 0 bridgehead atoms. The van der Waals surface area contributed by atoms with Gasteiger partial charge in [0.2, 0.25) is 5.91 Å². The van der Waals surface area contributed by atoms with Crippen molar-refractivity contribution in [3.05, 3.63) is 65.4 Å². The van der Waals surface area contributed by atoms with Crippen LogP contribution in [0.4, 0.5) is 5.69 Å². The highest BCUT2D eigenvalue weighted by atomic mass is 16.5. The first-order chi connectivity index (χ1) is 15.5. The summed E-state index contributed by atoms with van der Waals surface area (Å²) in [4.78, 5) is 37.3. The summed E-state index contributed by atoms with van der Waals surface area (Å²) in [5, 5.41) is 7.11.